The lowest BCUT2D eigenvalue weighted by Crippen LogP contribution is -2.51. The molecule has 4 N–H and O–H groups in total. The number of likely N-dealkylation sites (tertiary alicyclic amines) is 2. The zero-order chi connectivity index (χ0) is 44.8. The average molecular weight is 867 g/mol. The molecule has 2 aliphatic carbocycles. The molecule has 0 radical (unpaired) electrons. The van der Waals surface area contributed by atoms with Crippen molar-refractivity contribution in [2.45, 2.75) is 103 Å². The molecule has 2 aromatic carbocycles. The number of carbonyl (C=O) groups excluding carboxylic acids is 2. The number of nitrogens with zero attached hydrogens (tertiary/aromatic N) is 4. The Labute approximate surface area is 375 Å². The van der Waals surface area contributed by atoms with Crippen LogP contribution in [0.5, 0.6) is 0 Å². The molecule has 0 saturated carbocycles. The van der Waals surface area contributed by atoms with E-state index in [0.717, 1.165) is 37.1 Å². The Morgan fingerprint density at radius 3 is 1.27 bits per heavy atom. The van der Waals surface area contributed by atoms with Gasteiger partial charge in [-0.2, -0.15) is 0 Å². The summed E-state index contributed by atoms with van der Waals surface area (Å²) in [6, 6.07) is 23.9. The monoisotopic (exact) mass is 866 g/mol. The Bertz CT molecular complexity index is 2370. The molecule has 2 fully saturated rings. The minimum absolute atomic E-state index is 0.00228. The SMILES string of the molecule is C/C=C/c1ccc2n(c1=O)C[C@H]1[C@H](CO)[C@@H](C(=O)NC3Cc4ccccc4C3)N(CC)[C@@H]21.C/C=C\c1ccc2n(c1=O)C[C@H]1[C@H](CO)[C@@H](C(=O)NC3Cc4ccccc4C3)N(CC)[C@@H]21. The fourth-order valence-corrected chi connectivity index (χ4v) is 12.5. The topological polar surface area (TPSA) is 149 Å². The number of rotatable bonds is 10. The van der Waals surface area contributed by atoms with Crippen molar-refractivity contribution in [2.24, 2.45) is 23.7 Å². The summed E-state index contributed by atoms with van der Waals surface area (Å²) in [6.07, 6.45) is 10.8. The van der Waals surface area contributed by atoms with Crippen molar-refractivity contribution in [3.05, 3.63) is 150 Å². The maximum atomic E-state index is 13.5. The highest BCUT2D eigenvalue weighted by molar-refractivity contribution is 5.84. The predicted octanol–water partition coefficient (Wildman–Crippen LogP) is 4.30. The maximum Gasteiger partial charge on any atom is 0.258 e. The van der Waals surface area contributed by atoms with Crippen molar-refractivity contribution >= 4 is 24.0 Å². The van der Waals surface area contributed by atoms with Crippen LogP contribution in [0.1, 0.15) is 84.5 Å². The minimum atomic E-state index is -0.386. The second kappa shape index (κ2) is 18.2. The molecule has 4 aliphatic heterocycles. The van der Waals surface area contributed by atoms with E-state index in [2.05, 4.69) is 58.5 Å². The summed E-state index contributed by atoms with van der Waals surface area (Å²) in [5.74, 6) is -0.313. The molecule has 10 rings (SSSR count). The third-order valence-electron chi connectivity index (χ3n) is 15.2. The van der Waals surface area contributed by atoms with Crippen LogP contribution in [0.4, 0.5) is 0 Å². The molecule has 0 unspecified atom stereocenters. The van der Waals surface area contributed by atoms with Crippen LogP contribution in [0.25, 0.3) is 12.2 Å². The van der Waals surface area contributed by atoms with E-state index in [1.165, 1.54) is 22.3 Å². The Morgan fingerprint density at radius 2 is 0.953 bits per heavy atom. The van der Waals surface area contributed by atoms with E-state index < -0.39 is 0 Å². The fourth-order valence-electron chi connectivity index (χ4n) is 12.5. The van der Waals surface area contributed by atoms with Gasteiger partial charge in [-0.25, -0.2) is 0 Å². The first-order valence-electron chi connectivity index (χ1n) is 23.3. The zero-order valence-electron chi connectivity index (χ0n) is 37.4. The van der Waals surface area contributed by atoms with Crippen LogP contribution in [0.15, 0.2) is 94.5 Å². The number of carbonyl (C=O) groups is 2. The van der Waals surface area contributed by atoms with Crippen LogP contribution in [0, 0.1) is 23.7 Å². The number of aromatic nitrogens is 2. The zero-order valence-corrected chi connectivity index (χ0v) is 37.4. The summed E-state index contributed by atoms with van der Waals surface area (Å²) in [5.41, 5.74) is 8.49. The number of nitrogens with one attached hydrogen (secondary N) is 2. The number of amides is 2. The molecule has 0 bridgehead atoms. The Balaban J connectivity index is 0.000000162. The quantitative estimate of drug-likeness (QED) is 0.185. The number of pyridine rings is 2. The van der Waals surface area contributed by atoms with Crippen LogP contribution < -0.4 is 21.8 Å². The number of fused-ring (bicyclic) bond motifs is 8. The first kappa shape index (κ1) is 43.8. The number of likely N-dealkylation sites (N-methyl/N-ethyl adjacent to an activating group) is 2. The first-order valence-corrected chi connectivity index (χ1v) is 23.3. The molecule has 6 heterocycles. The van der Waals surface area contributed by atoms with Gasteiger partial charge < -0.3 is 30.0 Å². The lowest BCUT2D eigenvalue weighted by Gasteiger charge is -2.30. The maximum absolute atomic E-state index is 13.5. The average Bonchev–Trinajstić information content (AvgIpc) is 4.15. The highest BCUT2D eigenvalue weighted by Gasteiger charge is 2.56. The summed E-state index contributed by atoms with van der Waals surface area (Å²) in [4.78, 5) is 57.3. The van der Waals surface area contributed by atoms with E-state index in [9.17, 15) is 29.4 Å². The Kier molecular flexibility index (Phi) is 12.5. The Morgan fingerprint density at radius 1 is 0.594 bits per heavy atom. The van der Waals surface area contributed by atoms with Crippen LogP contribution >= 0.6 is 0 Å². The van der Waals surface area contributed by atoms with Gasteiger partial charge in [0.25, 0.3) is 11.1 Å². The van der Waals surface area contributed by atoms with Crippen LogP contribution in [-0.2, 0) is 48.4 Å². The van der Waals surface area contributed by atoms with Crippen LogP contribution in [-0.4, -0.2) is 91.4 Å². The molecule has 0 spiro atoms. The van der Waals surface area contributed by atoms with E-state index in [-0.39, 0.29) is 96.1 Å². The highest BCUT2D eigenvalue weighted by Crippen LogP contribution is 2.50. The standard InChI is InChI=1S/2C26H31N3O3/c2*1-3-7-16-10-11-22-23-20(14-29(22)26(16)32)21(15-30)24(28(23)4-2)25(31)27-19-12-17-8-5-6-9-18(17)13-19/h2*3,5-11,19-21,23-24,30H,4,12-15H2,1-2H3,(H,27,31)/b7-3+;7-3-/t2*20-,21-,23+,24-/m00/s1. The smallest absolute Gasteiger partial charge is 0.258 e. The molecule has 2 saturated heterocycles. The molecule has 336 valence electrons. The minimum Gasteiger partial charge on any atom is -0.396 e. The van der Waals surface area contributed by atoms with Gasteiger partial charge in [0, 0.05) is 84.6 Å². The molecule has 4 aromatic rings. The number of hydrogen-bond donors (Lipinski definition) is 4. The normalized spacial score (nSPS) is 27.0. The van der Waals surface area contributed by atoms with Gasteiger partial charge in [0.05, 0.1) is 24.2 Å². The predicted molar refractivity (Wildman–Crippen MR) is 248 cm³/mol. The van der Waals surface area contributed by atoms with Crippen molar-refractivity contribution in [2.75, 3.05) is 26.3 Å². The van der Waals surface area contributed by atoms with E-state index in [0.29, 0.717) is 37.3 Å². The summed E-state index contributed by atoms with van der Waals surface area (Å²) < 4.78 is 3.69. The molecule has 2 aromatic heterocycles. The van der Waals surface area contributed by atoms with Gasteiger partial charge in [-0.15, -0.1) is 0 Å². The van der Waals surface area contributed by atoms with Crippen molar-refractivity contribution in [1.82, 2.24) is 29.6 Å². The van der Waals surface area contributed by atoms with Crippen molar-refractivity contribution in [3.63, 3.8) is 0 Å². The summed E-state index contributed by atoms with van der Waals surface area (Å²) >= 11 is 0. The lowest BCUT2D eigenvalue weighted by molar-refractivity contribution is -0.129. The molecule has 8 atom stereocenters. The van der Waals surface area contributed by atoms with E-state index in [4.69, 9.17) is 0 Å². The van der Waals surface area contributed by atoms with Gasteiger partial charge in [0.15, 0.2) is 0 Å². The van der Waals surface area contributed by atoms with Gasteiger partial charge in [-0.05, 0) is 99.1 Å². The molecule has 2 amide bonds. The largest absolute Gasteiger partial charge is 0.396 e. The third kappa shape index (κ3) is 7.51. The Hall–Kier alpha value is -5.40. The van der Waals surface area contributed by atoms with Gasteiger partial charge in [-0.1, -0.05) is 86.7 Å². The number of hydrogen-bond acceptors (Lipinski definition) is 8. The molecule has 6 aliphatic rings. The second-order valence-electron chi connectivity index (χ2n) is 18.5. The van der Waals surface area contributed by atoms with Gasteiger partial charge >= 0.3 is 0 Å². The van der Waals surface area contributed by atoms with Crippen molar-refractivity contribution in [1.29, 1.82) is 0 Å². The van der Waals surface area contributed by atoms with E-state index >= 15 is 0 Å². The van der Waals surface area contributed by atoms with Gasteiger partial charge in [0.2, 0.25) is 11.8 Å². The summed E-state index contributed by atoms with van der Waals surface area (Å²) in [5, 5.41) is 27.2. The van der Waals surface area contributed by atoms with E-state index in [1.807, 2.05) is 95.8 Å². The third-order valence-corrected chi connectivity index (χ3v) is 15.2. The van der Waals surface area contributed by atoms with E-state index in [1.54, 1.807) is 0 Å². The van der Waals surface area contributed by atoms with Gasteiger partial charge in [-0.3, -0.25) is 29.0 Å². The molecular weight excluding hydrogens is 805 g/mol. The number of aliphatic hydroxyl groups excluding tert-OH is 2. The van der Waals surface area contributed by atoms with Gasteiger partial charge in [0.1, 0.15) is 0 Å². The number of benzene rings is 2. The van der Waals surface area contributed by atoms with Crippen LogP contribution in [0.2, 0.25) is 0 Å². The molecular formula is C52H62N6O6. The van der Waals surface area contributed by atoms with Crippen molar-refractivity contribution in [3.8, 4) is 0 Å². The molecule has 12 nitrogen and oxygen atoms in total. The van der Waals surface area contributed by atoms with Crippen LogP contribution in [0.3, 0.4) is 0 Å². The number of allylic oxidation sites excluding steroid dienone is 2. The molecule has 12 heteroatoms. The second-order valence-corrected chi connectivity index (χ2v) is 18.5. The number of aliphatic hydroxyl groups is 2. The fraction of sp³-hybridized carbons (Fsp3) is 0.462. The highest BCUT2D eigenvalue weighted by atomic mass is 16.3. The molecule has 64 heavy (non-hydrogen) atoms. The van der Waals surface area contributed by atoms with Crippen molar-refractivity contribution < 1.29 is 19.8 Å². The summed E-state index contributed by atoms with van der Waals surface area (Å²) in [6.45, 7) is 10.2. The first-order chi connectivity index (χ1) is 31.1. The lowest BCUT2D eigenvalue weighted by atomic mass is 9.88. The summed E-state index contributed by atoms with van der Waals surface area (Å²) in [7, 11) is 0.